The maximum Gasteiger partial charge on any atom is 0.123 e. The lowest BCUT2D eigenvalue weighted by Crippen LogP contribution is -2.24. The Labute approximate surface area is 322 Å². The number of aryl methyl sites for hydroxylation is 1. The average molecular weight is 715 g/mol. The molecule has 0 heterocycles. The van der Waals surface area contributed by atoms with Gasteiger partial charge in [0, 0.05) is 5.56 Å². The Balaban J connectivity index is 0.859. The van der Waals surface area contributed by atoms with Gasteiger partial charge in [0.15, 0.2) is 0 Å². The first-order chi connectivity index (χ1) is 25.6. The fourth-order valence-electron chi connectivity index (χ4n) is 12.8. The van der Waals surface area contributed by atoms with Gasteiger partial charge in [0.2, 0.25) is 0 Å². The van der Waals surface area contributed by atoms with Crippen LogP contribution in [0.4, 0.5) is 0 Å². The highest BCUT2D eigenvalue weighted by atomic mass is 16.3. The van der Waals surface area contributed by atoms with E-state index in [1.807, 2.05) is 30.3 Å². The van der Waals surface area contributed by atoms with Gasteiger partial charge in [-0.05, 0) is 183 Å². The van der Waals surface area contributed by atoms with Gasteiger partial charge in [0.25, 0.3) is 0 Å². The molecule has 4 aliphatic carbocycles. The van der Waals surface area contributed by atoms with Crippen molar-refractivity contribution in [2.24, 2.45) is 53.3 Å². The van der Waals surface area contributed by atoms with Crippen molar-refractivity contribution in [3.63, 3.8) is 0 Å². The molecule has 8 atom stereocenters. The molecular weight excluding hydrogens is 645 g/mol. The molecule has 3 aromatic rings. The number of phenols is 2. The maximum atomic E-state index is 11.0. The van der Waals surface area contributed by atoms with Crippen molar-refractivity contribution in [2.75, 3.05) is 0 Å². The second kappa shape index (κ2) is 17.2. The summed E-state index contributed by atoms with van der Waals surface area (Å²) in [5, 5.41) is 21.5. The molecular formula is C51H70O2. The fraction of sp³-hybridized carbons (Fsp3) is 0.608. The molecule has 0 amide bonds. The van der Waals surface area contributed by atoms with Crippen LogP contribution in [0.2, 0.25) is 0 Å². The van der Waals surface area contributed by atoms with Crippen LogP contribution in [0.5, 0.6) is 11.5 Å². The van der Waals surface area contributed by atoms with E-state index in [2.05, 4.69) is 64.6 Å². The first-order valence-corrected chi connectivity index (χ1v) is 22.0. The largest absolute Gasteiger partial charge is 0.508 e. The molecule has 4 aliphatic rings. The van der Waals surface area contributed by atoms with Crippen molar-refractivity contribution < 1.29 is 10.2 Å². The molecule has 0 spiro atoms. The van der Waals surface area contributed by atoms with Crippen LogP contribution in [-0.2, 0) is 6.42 Å². The van der Waals surface area contributed by atoms with Gasteiger partial charge < -0.3 is 10.2 Å². The predicted molar refractivity (Wildman–Crippen MR) is 223 cm³/mol. The lowest BCUT2D eigenvalue weighted by atomic mass is 9.68. The summed E-state index contributed by atoms with van der Waals surface area (Å²) in [6.45, 7) is 14.0. The average Bonchev–Trinajstić information content (AvgIpc) is 3.70. The van der Waals surface area contributed by atoms with Crippen molar-refractivity contribution in [1.29, 1.82) is 0 Å². The van der Waals surface area contributed by atoms with Crippen LogP contribution < -0.4 is 0 Å². The molecule has 286 valence electrons. The van der Waals surface area contributed by atoms with Crippen molar-refractivity contribution in [3.8, 4) is 22.6 Å². The van der Waals surface area contributed by atoms with Crippen molar-refractivity contribution >= 4 is 0 Å². The monoisotopic (exact) mass is 715 g/mol. The van der Waals surface area contributed by atoms with Crippen LogP contribution in [0.3, 0.4) is 0 Å². The van der Waals surface area contributed by atoms with Crippen LogP contribution in [0.15, 0.2) is 78.9 Å². The van der Waals surface area contributed by atoms with E-state index in [4.69, 9.17) is 0 Å². The standard InChI is InChI=1S/C51H70O2/c1-33(2)50(34(3)4)42-22-20-38(29-42)12-8-11-37-19-21-39(35(5)27-37)15-9-13-36-14-10-16-41(28-36)51-43-23-24-44(51)31-45(30-43)47-32-40(25-26-49(47)53)46-17-6-7-18-48(46)52/h6-7,10,14,16-18,25-26,28,32,34-35,37-39,42-45,50-53H,1,8-9,11-13,15,19-24,27,29-31H2,2-5H3. The number of hydrogen-bond donors (Lipinski definition) is 2. The van der Waals surface area contributed by atoms with Crippen LogP contribution >= 0.6 is 0 Å². The van der Waals surface area contributed by atoms with E-state index in [1.54, 1.807) is 11.6 Å². The number of fused-ring (bicyclic) bond motifs is 2. The Morgan fingerprint density at radius 2 is 1.47 bits per heavy atom. The molecule has 2 nitrogen and oxygen atoms in total. The molecule has 4 fully saturated rings. The molecule has 7 rings (SSSR count). The van der Waals surface area contributed by atoms with Crippen LogP contribution in [0, 0.1) is 53.3 Å². The van der Waals surface area contributed by atoms with Gasteiger partial charge in [-0.1, -0.05) is 114 Å². The molecule has 53 heavy (non-hydrogen) atoms. The highest BCUT2D eigenvalue weighted by Gasteiger charge is 2.44. The quantitative estimate of drug-likeness (QED) is 0.163. The second-order valence-corrected chi connectivity index (χ2v) is 19.1. The minimum Gasteiger partial charge on any atom is -0.508 e. The second-order valence-electron chi connectivity index (χ2n) is 19.1. The van der Waals surface area contributed by atoms with E-state index in [9.17, 15) is 10.2 Å². The SMILES string of the molecule is C=C(C)C(C(C)C)C1CCC(CCCC2CCC(CCCc3cccc(C4C5CCC4CC(c4cc(-c6ccccc6O)ccc4O)C5)c3)C(C)C2)C1. The smallest absolute Gasteiger partial charge is 0.123 e. The highest BCUT2D eigenvalue weighted by molar-refractivity contribution is 5.71. The van der Waals surface area contributed by atoms with E-state index < -0.39 is 0 Å². The van der Waals surface area contributed by atoms with Gasteiger partial charge >= 0.3 is 0 Å². The molecule has 0 aliphatic heterocycles. The van der Waals surface area contributed by atoms with Crippen molar-refractivity contribution in [3.05, 3.63) is 95.6 Å². The Kier molecular flexibility index (Phi) is 12.4. The van der Waals surface area contributed by atoms with Gasteiger partial charge in [-0.25, -0.2) is 0 Å². The normalized spacial score (nSPS) is 30.5. The maximum absolute atomic E-state index is 11.0. The number of aromatic hydroxyl groups is 2. The number of benzene rings is 3. The fourth-order valence-corrected chi connectivity index (χ4v) is 12.8. The molecule has 8 unspecified atom stereocenters. The summed E-state index contributed by atoms with van der Waals surface area (Å²) >= 11 is 0. The van der Waals surface area contributed by atoms with Gasteiger partial charge in [-0.15, -0.1) is 0 Å². The van der Waals surface area contributed by atoms with Crippen LogP contribution in [0.1, 0.15) is 153 Å². The van der Waals surface area contributed by atoms with E-state index >= 15 is 0 Å². The summed E-state index contributed by atoms with van der Waals surface area (Å²) in [6.07, 6.45) is 21.9. The molecule has 2 heteroatoms. The third kappa shape index (κ3) is 8.95. The third-order valence-corrected chi connectivity index (χ3v) is 15.2. The zero-order valence-corrected chi connectivity index (χ0v) is 33.6. The summed E-state index contributed by atoms with van der Waals surface area (Å²) in [5.41, 5.74) is 7.41. The van der Waals surface area contributed by atoms with Gasteiger partial charge in [-0.3, -0.25) is 0 Å². The number of hydrogen-bond acceptors (Lipinski definition) is 2. The lowest BCUT2D eigenvalue weighted by molar-refractivity contribution is 0.171. The molecule has 3 aromatic carbocycles. The Hall–Kier alpha value is -3.00. The first-order valence-electron chi connectivity index (χ1n) is 22.0. The van der Waals surface area contributed by atoms with Gasteiger partial charge in [-0.2, -0.15) is 0 Å². The Morgan fingerprint density at radius 1 is 0.736 bits per heavy atom. The van der Waals surface area contributed by atoms with Crippen molar-refractivity contribution in [2.45, 2.75) is 142 Å². The number of para-hydroxylation sites is 1. The zero-order chi connectivity index (χ0) is 37.1. The van der Waals surface area contributed by atoms with E-state index in [1.165, 1.54) is 101 Å². The van der Waals surface area contributed by atoms with E-state index in [-0.39, 0.29) is 0 Å². The number of phenolic OH excluding ortho intramolecular Hbond substituents is 2. The van der Waals surface area contributed by atoms with E-state index in [0.717, 1.165) is 71.0 Å². The topological polar surface area (TPSA) is 40.5 Å². The summed E-state index contributed by atoms with van der Waals surface area (Å²) in [7, 11) is 0. The zero-order valence-electron chi connectivity index (χ0n) is 33.6. The summed E-state index contributed by atoms with van der Waals surface area (Å²) in [6, 6.07) is 23.1. The molecule has 2 bridgehead atoms. The van der Waals surface area contributed by atoms with Gasteiger partial charge in [0.1, 0.15) is 11.5 Å². The molecule has 0 radical (unpaired) electrons. The predicted octanol–water partition coefficient (Wildman–Crippen LogP) is 14.3. The molecule has 0 saturated heterocycles. The Morgan fingerprint density at radius 3 is 2.19 bits per heavy atom. The molecule has 4 saturated carbocycles. The summed E-state index contributed by atoms with van der Waals surface area (Å²) in [4.78, 5) is 0. The van der Waals surface area contributed by atoms with Crippen LogP contribution in [-0.4, -0.2) is 10.2 Å². The third-order valence-electron chi connectivity index (χ3n) is 15.2. The summed E-state index contributed by atoms with van der Waals surface area (Å²) in [5.74, 6) is 9.13. The van der Waals surface area contributed by atoms with Gasteiger partial charge in [0.05, 0.1) is 0 Å². The number of rotatable bonds is 14. The first kappa shape index (κ1) is 38.3. The number of allylic oxidation sites excluding steroid dienone is 1. The van der Waals surface area contributed by atoms with Crippen molar-refractivity contribution in [1.82, 2.24) is 0 Å². The minimum atomic E-state index is 0.294. The molecule has 2 N–H and O–H groups in total. The van der Waals surface area contributed by atoms with E-state index in [0.29, 0.717) is 35.2 Å². The lowest BCUT2D eigenvalue weighted by Gasteiger charge is -2.36. The minimum absolute atomic E-state index is 0.294. The molecule has 0 aromatic heterocycles. The summed E-state index contributed by atoms with van der Waals surface area (Å²) < 4.78 is 0. The highest BCUT2D eigenvalue weighted by Crippen LogP contribution is 2.57. The van der Waals surface area contributed by atoms with Crippen LogP contribution in [0.25, 0.3) is 11.1 Å². The Bertz CT molecular complexity index is 1650.